The van der Waals surface area contributed by atoms with Gasteiger partial charge >= 0.3 is 29.6 Å². The summed E-state index contributed by atoms with van der Waals surface area (Å²) in [5, 5.41) is 24.4. The van der Waals surface area contributed by atoms with Crippen LogP contribution < -0.4 is 29.6 Å². The van der Waals surface area contributed by atoms with Crippen molar-refractivity contribution >= 4 is 68.4 Å². The Bertz CT molecular complexity index is 1070. The van der Waals surface area contributed by atoms with Crippen molar-refractivity contribution in [1.29, 1.82) is 5.26 Å². The van der Waals surface area contributed by atoms with Crippen LogP contribution in [0.3, 0.4) is 0 Å². The molecule has 0 aromatic heterocycles. The molecule has 1 unspecified atom stereocenters. The van der Waals surface area contributed by atoms with Crippen molar-refractivity contribution in [2.45, 2.75) is 5.92 Å². The van der Waals surface area contributed by atoms with E-state index in [0.29, 0.717) is 14.3 Å². The number of carbonyl (C=O) groups excluding carboxylic acids is 1. The van der Waals surface area contributed by atoms with Gasteiger partial charge in [-0.05, 0) is 80.6 Å². The van der Waals surface area contributed by atoms with Gasteiger partial charge in [0.05, 0.1) is 21.5 Å². The van der Waals surface area contributed by atoms with Gasteiger partial charge in [0, 0.05) is 14.2 Å². The predicted molar refractivity (Wildman–Crippen MR) is 126 cm³/mol. The van der Waals surface area contributed by atoms with Crippen LogP contribution in [0.2, 0.25) is 5.02 Å². The molecular formula is C21H12ClI2N2NaO2. The molecule has 140 valence electrons. The maximum absolute atomic E-state index is 12.5. The fourth-order valence-electron chi connectivity index (χ4n) is 2.64. The van der Waals surface area contributed by atoms with Gasteiger partial charge in [0.1, 0.15) is 5.75 Å². The number of rotatable bonds is 4. The molecule has 1 atom stereocenters. The third kappa shape index (κ3) is 6.09. The van der Waals surface area contributed by atoms with Crippen LogP contribution in [-0.2, 0) is 0 Å². The number of benzene rings is 3. The number of phenolic OH excluding ortho intramolecular Hbond substituents is 1. The number of hydrogen-bond acceptors (Lipinski definition) is 3. The summed E-state index contributed by atoms with van der Waals surface area (Å²) in [6, 6.07) is 19.7. The van der Waals surface area contributed by atoms with Gasteiger partial charge < -0.3 is 15.2 Å². The molecule has 3 aromatic carbocycles. The van der Waals surface area contributed by atoms with Crippen LogP contribution in [0, 0.1) is 18.5 Å². The molecule has 0 radical (unpaired) electrons. The van der Waals surface area contributed by atoms with Gasteiger partial charge in [0.25, 0.3) is 0 Å². The van der Waals surface area contributed by atoms with Crippen molar-refractivity contribution in [3.05, 3.63) is 94.8 Å². The normalized spacial score (nSPS) is 11.1. The van der Waals surface area contributed by atoms with Gasteiger partial charge in [-0.1, -0.05) is 48.0 Å². The number of halogens is 3. The van der Waals surface area contributed by atoms with Crippen LogP contribution in [0.15, 0.2) is 60.7 Å². The molecule has 0 aliphatic rings. The third-order valence-electron chi connectivity index (χ3n) is 4.05. The second-order valence-electron chi connectivity index (χ2n) is 5.91. The second-order valence-corrected chi connectivity index (χ2v) is 8.75. The molecule has 0 aliphatic heterocycles. The van der Waals surface area contributed by atoms with E-state index in [1.165, 1.54) is 0 Å². The number of carbonyl (C=O) groups is 1. The van der Waals surface area contributed by atoms with E-state index < -0.39 is 11.8 Å². The fraction of sp³-hybridized carbons (Fsp3) is 0.0476. The second kappa shape index (κ2) is 11.0. The average molecular weight is 637 g/mol. The van der Waals surface area contributed by atoms with E-state index in [2.05, 4.69) is 34.0 Å². The SMILES string of the molecule is N#CC(c1ccc(Cl)cc1)c1ccc([N-]C(=O)c2cc(I)cc(I)c2O)cc1.[Na+]. The van der Waals surface area contributed by atoms with Crippen LogP contribution in [0.5, 0.6) is 5.75 Å². The van der Waals surface area contributed by atoms with Gasteiger partial charge in [-0.3, -0.25) is 0 Å². The molecular weight excluding hydrogens is 624 g/mol. The number of nitriles is 1. The van der Waals surface area contributed by atoms with Crippen molar-refractivity contribution in [3.63, 3.8) is 0 Å². The molecule has 3 aromatic rings. The summed E-state index contributed by atoms with van der Waals surface area (Å²) < 4.78 is 1.44. The first-order chi connectivity index (χ1) is 13.4. The first-order valence-corrected chi connectivity index (χ1v) is 10.6. The standard InChI is InChI=1S/C21H13ClI2N2O2.Na/c22-14-5-1-12(2-6-14)18(11-25)13-3-7-16(8-4-13)26-21(28)17-9-15(23)10-19(24)20(17)27;/h1-10,18H,(H2,26,27,28);/q;+1/p-1. The summed E-state index contributed by atoms with van der Waals surface area (Å²) in [5.41, 5.74) is 2.25. The smallest absolute Gasteiger partial charge is 0.623 e. The maximum atomic E-state index is 12.5. The van der Waals surface area contributed by atoms with Gasteiger partial charge in [-0.25, -0.2) is 0 Å². The third-order valence-corrected chi connectivity index (χ3v) is 5.75. The Balaban J connectivity index is 0.00000300. The van der Waals surface area contributed by atoms with E-state index in [9.17, 15) is 15.2 Å². The van der Waals surface area contributed by atoms with Crippen LogP contribution in [0.1, 0.15) is 27.4 Å². The van der Waals surface area contributed by atoms with Crippen LogP contribution >= 0.6 is 56.8 Å². The zero-order valence-electron chi connectivity index (χ0n) is 15.2. The fourth-order valence-corrected chi connectivity index (χ4v) is 4.62. The van der Waals surface area contributed by atoms with Gasteiger partial charge in [0.2, 0.25) is 0 Å². The van der Waals surface area contributed by atoms with E-state index in [0.717, 1.165) is 14.7 Å². The van der Waals surface area contributed by atoms with Gasteiger partial charge in [-0.2, -0.15) is 5.26 Å². The number of hydrogen-bond donors (Lipinski definition) is 1. The Morgan fingerprint density at radius 1 is 1.03 bits per heavy atom. The van der Waals surface area contributed by atoms with E-state index in [4.69, 9.17) is 11.6 Å². The monoisotopic (exact) mass is 636 g/mol. The van der Waals surface area contributed by atoms with Crippen molar-refractivity contribution in [2.75, 3.05) is 0 Å². The van der Waals surface area contributed by atoms with Gasteiger partial charge in [-0.15, -0.1) is 5.69 Å². The minimum Gasteiger partial charge on any atom is -0.623 e. The molecule has 0 bridgehead atoms. The quantitative estimate of drug-likeness (QED) is 0.350. The van der Waals surface area contributed by atoms with Crippen LogP contribution in [0.25, 0.3) is 5.32 Å². The molecule has 8 heteroatoms. The average Bonchev–Trinajstić information content (AvgIpc) is 2.68. The van der Waals surface area contributed by atoms with Crippen LogP contribution in [0.4, 0.5) is 5.69 Å². The molecule has 0 aliphatic carbocycles. The summed E-state index contributed by atoms with van der Waals surface area (Å²) in [7, 11) is 0. The van der Waals surface area contributed by atoms with E-state index >= 15 is 0 Å². The first-order valence-electron chi connectivity index (χ1n) is 8.08. The Morgan fingerprint density at radius 2 is 1.59 bits per heavy atom. The number of amides is 1. The summed E-state index contributed by atoms with van der Waals surface area (Å²) in [6.45, 7) is 0. The molecule has 0 spiro atoms. The first kappa shape index (κ1) is 24.4. The molecule has 0 heterocycles. The zero-order chi connectivity index (χ0) is 20.3. The molecule has 1 N–H and O–H groups in total. The van der Waals surface area contributed by atoms with Crippen molar-refractivity contribution in [1.82, 2.24) is 0 Å². The maximum Gasteiger partial charge on any atom is 1.00 e. The van der Waals surface area contributed by atoms with Crippen molar-refractivity contribution in [2.24, 2.45) is 0 Å². The largest absolute Gasteiger partial charge is 1.00 e. The van der Waals surface area contributed by atoms with Gasteiger partial charge in [0.15, 0.2) is 0 Å². The van der Waals surface area contributed by atoms with E-state index in [1.54, 1.807) is 48.5 Å². The summed E-state index contributed by atoms with van der Waals surface area (Å²) in [6.07, 6.45) is 0. The Kier molecular flexibility index (Phi) is 9.25. The van der Waals surface area contributed by atoms with Crippen molar-refractivity contribution in [3.8, 4) is 11.8 Å². The summed E-state index contributed by atoms with van der Waals surface area (Å²) in [4.78, 5) is 12.5. The topological polar surface area (TPSA) is 75.2 Å². The molecule has 0 saturated heterocycles. The Morgan fingerprint density at radius 3 is 2.14 bits per heavy atom. The molecule has 3 rings (SSSR count). The molecule has 0 saturated carbocycles. The summed E-state index contributed by atoms with van der Waals surface area (Å²) in [5.74, 6) is -1.03. The number of nitrogens with zero attached hydrogens (tertiary/aromatic N) is 2. The summed E-state index contributed by atoms with van der Waals surface area (Å²) >= 11 is 9.97. The van der Waals surface area contributed by atoms with E-state index in [1.807, 2.05) is 34.7 Å². The molecule has 4 nitrogen and oxygen atoms in total. The number of aromatic hydroxyl groups is 1. The predicted octanol–water partition coefficient (Wildman–Crippen LogP) is 3.76. The molecule has 1 amide bonds. The zero-order valence-corrected chi connectivity index (χ0v) is 22.3. The molecule has 29 heavy (non-hydrogen) atoms. The van der Waals surface area contributed by atoms with E-state index in [-0.39, 0.29) is 40.9 Å². The van der Waals surface area contributed by atoms with Crippen molar-refractivity contribution < 1.29 is 39.5 Å². The number of phenols is 1. The van der Waals surface area contributed by atoms with Crippen LogP contribution in [-0.4, -0.2) is 11.0 Å². The minimum absolute atomic E-state index is 0. The Labute approximate surface area is 223 Å². The molecule has 0 fully saturated rings. The Hall–Kier alpha value is -0.830. The minimum atomic E-state index is -0.517.